The number of aromatic nitrogens is 1. The fourth-order valence-corrected chi connectivity index (χ4v) is 5.99. The number of esters is 1. The Kier molecular flexibility index (Phi) is 13.6. The number of hydrogen-bond donors (Lipinski definition) is 2. The van der Waals surface area contributed by atoms with Gasteiger partial charge in [-0.25, -0.2) is 4.39 Å². The highest BCUT2D eigenvalue weighted by molar-refractivity contribution is 6.08. The second-order valence-electron chi connectivity index (χ2n) is 12.3. The lowest BCUT2D eigenvalue weighted by atomic mass is 9.90. The zero-order chi connectivity index (χ0) is 35.3. The Morgan fingerprint density at radius 3 is 2.14 bits per heavy atom. The number of hydrogen-bond acceptors (Lipinski definition) is 8. The van der Waals surface area contributed by atoms with Gasteiger partial charge in [-0.3, -0.25) is 9.59 Å². The molecule has 4 rings (SSSR count). The molecule has 1 aromatic heterocycles. The van der Waals surface area contributed by atoms with E-state index in [0.29, 0.717) is 24.0 Å². The molecule has 49 heavy (non-hydrogen) atoms. The van der Waals surface area contributed by atoms with Gasteiger partial charge >= 0.3 is 5.97 Å². The van der Waals surface area contributed by atoms with E-state index < -0.39 is 23.3 Å². The van der Waals surface area contributed by atoms with Crippen molar-refractivity contribution < 1.29 is 38.9 Å². The van der Waals surface area contributed by atoms with Crippen molar-refractivity contribution in [1.82, 2.24) is 4.57 Å². The van der Waals surface area contributed by atoms with Crippen LogP contribution in [0.2, 0.25) is 0 Å². The Balaban J connectivity index is 1.60. The fraction of sp³-hybridized carbons (Fsp3) is 0.368. The van der Waals surface area contributed by atoms with Gasteiger partial charge in [0, 0.05) is 29.8 Å². The number of benzene rings is 3. The fourth-order valence-electron chi connectivity index (χ4n) is 5.99. The largest absolute Gasteiger partial charge is 0.466 e. The first-order chi connectivity index (χ1) is 23.5. The molecule has 260 valence electrons. The van der Waals surface area contributed by atoms with Crippen LogP contribution in [0.15, 0.2) is 84.9 Å². The quantitative estimate of drug-likeness (QED) is 0.0359. The number of aliphatic hydroxyl groups excluding tert-OH is 2. The van der Waals surface area contributed by atoms with E-state index in [1.807, 2.05) is 79.1 Å². The SMILES string of the molecule is CC(C)c1c(C(=O)Cc2ccccc2)c(-c2ccccc2)c(-c2ccc(F)cc2)n1CC[C@@H](O)C[C@@H](O)CC(=O)OCCCCO[N+](=O)[O-]. The molecule has 0 saturated heterocycles. The van der Waals surface area contributed by atoms with Gasteiger partial charge in [-0.05, 0) is 72.6 Å². The molecule has 0 spiro atoms. The van der Waals surface area contributed by atoms with Gasteiger partial charge in [0.05, 0.1) is 37.5 Å². The highest BCUT2D eigenvalue weighted by atomic mass is 19.1. The average molecular weight is 675 g/mol. The van der Waals surface area contributed by atoms with Crippen LogP contribution in [-0.4, -0.2) is 57.0 Å². The van der Waals surface area contributed by atoms with Crippen molar-refractivity contribution in [3.05, 3.63) is 118 Å². The minimum Gasteiger partial charge on any atom is -0.466 e. The summed E-state index contributed by atoms with van der Waals surface area (Å²) in [5.74, 6) is -1.19. The van der Waals surface area contributed by atoms with Crippen LogP contribution in [-0.2, 0) is 27.3 Å². The lowest BCUT2D eigenvalue weighted by molar-refractivity contribution is -0.757. The van der Waals surface area contributed by atoms with E-state index in [0.717, 1.165) is 28.1 Å². The van der Waals surface area contributed by atoms with Gasteiger partial charge in [0.25, 0.3) is 5.09 Å². The van der Waals surface area contributed by atoms with Crippen LogP contribution in [0.25, 0.3) is 22.4 Å². The van der Waals surface area contributed by atoms with E-state index in [1.165, 1.54) is 12.1 Å². The minimum absolute atomic E-state index is 0.0298. The summed E-state index contributed by atoms with van der Waals surface area (Å²) in [6.07, 6.45) is -1.47. The molecule has 0 unspecified atom stereocenters. The average Bonchev–Trinajstić information content (AvgIpc) is 3.42. The first kappa shape index (κ1) is 37.0. The van der Waals surface area contributed by atoms with Crippen LogP contribution in [0.5, 0.6) is 0 Å². The zero-order valence-corrected chi connectivity index (χ0v) is 27.8. The number of Topliss-reactive ketones (excluding diaryl/α,β-unsaturated/α-hetero) is 1. The van der Waals surface area contributed by atoms with Crippen molar-refractivity contribution in [2.75, 3.05) is 13.2 Å². The summed E-state index contributed by atoms with van der Waals surface area (Å²) < 4.78 is 21.3. The third-order valence-corrected chi connectivity index (χ3v) is 8.15. The molecule has 0 aliphatic heterocycles. The second kappa shape index (κ2) is 18.0. The predicted molar refractivity (Wildman–Crippen MR) is 183 cm³/mol. The van der Waals surface area contributed by atoms with Crippen molar-refractivity contribution >= 4 is 11.8 Å². The summed E-state index contributed by atoms with van der Waals surface area (Å²) in [4.78, 5) is 40.9. The maximum absolute atomic E-state index is 14.3. The molecule has 0 aliphatic carbocycles. The molecule has 0 bridgehead atoms. The molecule has 0 fully saturated rings. The molecule has 2 N–H and O–H groups in total. The Morgan fingerprint density at radius 1 is 0.878 bits per heavy atom. The summed E-state index contributed by atoms with van der Waals surface area (Å²) >= 11 is 0. The number of rotatable bonds is 19. The topological polar surface area (TPSA) is 141 Å². The van der Waals surface area contributed by atoms with Gasteiger partial charge in [0.1, 0.15) is 5.82 Å². The third kappa shape index (κ3) is 10.6. The van der Waals surface area contributed by atoms with Gasteiger partial charge in [-0.2, -0.15) is 0 Å². The van der Waals surface area contributed by atoms with Gasteiger partial charge in [-0.15, -0.1) is 10.1 Å². The number of unbranched alkanes of at least 4 members (excludes halogenated alkanes) is 1. The lowest BCUT2D eigenvalue weighted by Crippen LogP contribution is -2.23. The first-order valence-electron chi connectivity index (χ1n) is 16.5. The van der Waals surface area contributed by atoms with Gasteiger partial charge in [0.15, 0.2) is 5.78 Å². The summed E-state index contributed by atoms with van der Waals surface area (Å²) in [6, 6.07) is 25.3. The maximum atomic E-state index is 14.3. The Bertz CT molecular complexity index is 1670. The number of aliphatic hydroxyl groups is 2. The van der Waals surface area contributed by atoms with Crippen LogP contribution in [0.3, 0.4) is 0 Å². The molecular formula is C38H43FN2O8. The van der Waals surface area contributed by atoms with E-state index in [1.54, 1.807) is 12.1 Å². The van der Waals surface area contributed by atoms with Gasteiger partial charge < -0.3 is 24.4 Å². The Hall–Kier alpha value is -4.87. The van der Waals surface area contributed by atoms with Crippen molar-refractivity contribution in [3.63, 3.8) is 0 Å². The predicted octanol–water partition coefficient (Wildman–Crippen LogP) is 6.93. The lowest BCUT2D eigenvalue weighted by Gasteiger charge is -2.20. The molecule has 1 heterocycles. The van der Waals surface area contributed by atoms with E-state index in [9.17, 15) is 34.3 Å². The van der Waals surface area contributed by atoms with E-state index in [4.69, 9.17) is 4.74 Å². The number of carbonyl (C=O) groups is 2. The minimum atomic E-state index is -1.16. The van der Waals surface area contributed by atoms with Gasteiger partial charge in [0.2, 0.25) is 0 Å². The van der Waals surface area contributed by atoms with Crippen molar-refractivity contribution in [2.24, 2.45) is 0 Å². The zero-order valence-electron chi connectivity index (χ0n) is 27.8. The van der Waals surface area contributed by atoms with Crippen LogP contribution in [0, 0.1) is 15.9 Å². The molecule has 0 radical (unpaired) electrons. The molecule has 3 aromatic carbocycles. The van der Waals surface area contributed by atoms with Crippen LogP contribution in [0.4, 0.5) is 4.39 Å². The first-order valence-corrected chi connectivity index (χ1v) is 16.5. The number of ketones is 1. The smallest absolute Gasteiger partial charge is 0.308 e. The van der Waals surface area contributed by atoms with Crippen molar-refractivity contribution in [2.45, 2.75) is 77.0 Å². The van der Waals surface area contributed by atoms with Crippen LogP contribution in [0.1, 0.15) is 73.5 Å². The Morgan fingerprint density at radius 2 is 1.51 bits per heavy atom. The summed E-state index contributed by atoms with van der Waals surface area (Å²) in [5, 5.41) is 30.9. The molecule has 4 aromatic rings. The summed E-state index contributed by atoms with van der Waals surface area (Å²) in [5.41, 5.74) is 5.25. The molecule has 11 heteroatoms. The van der Waals surface area contributed by atoms with Crippen molar-refractivity contribution in [3.8, 4) is 22.4 Å². The second-order valence-corrected chi connectivity index (χ2v) is 12.3. The van der Waals surface area contributed by atoms with E-state index in [2.05, 4.69) is 4.84 Å². The molecule has 10 nitrogen and oxygen atoms in total. The van der Waals surface area contributed by atoms with Crippen molar-refractivity contribution in [1.29, 1.82) is 0 Å². The maximum Gasteiger partial charge on any atom is 0.308 e. The summed E-state index contributed by atoms with van der Waals surface area (Å²) in [7, 11) is 0. The molecule has 0 aliphatic rings. The number of halogens is 1. The third-order valence-electron chi connectivity index (χ3n) is 8.15. The summed E-state index contributed by atoms with van der Waals surface area (Å²) in [6.45, 7) is 4.23. The number of nitrogens with zero attached hydrogens (tertiary/aromatic N) is 2. The monoisotopic (exact) mass is 674 g/mol. The number of ether oxygens (including phenoxy) is 1. The normalized spacial score (nSPS) is 12.4. The van der Waals surface area contributed by atoms with E-state index in [-0.39, 0.29) is 63.0 Å². The standard InChI is InChI=1S/C38H43FN2O8/c1-26(2)37-36(33(44)23-27-11-5-3-6-12-27)35(28-13-7-4-8-14-28)38(29-15-17-30(39)18-16-29)40(37)20-19-31(42)24-32(43)25-34(45)48-21-9-10-22-49-41(46)47/h3-8,11-18,26,31-32,42-43H,9-10,19-25H2,1-2H3/t31-,32-/m1/s1. The highest BCUT2D eigenvalue weighted by Crippen LogP contribution is 2.43. The molecule has 2 atom stereocenters. The Labute approximate surface area is 285 Å². The molecule has 0 amide bonds. The molecule has 0 saturated carbocycles. The van der Waals surface area contributed by atoms with Crippen LogP contribution >= 0.6 is 0 Å². The number of carbonyl (C=O) groups excluding carboxylic acids is 2. The van der Waals surface area contributed by atoms with Crippen LogP contribution < -0.4 is 0 Å². The highest BCUT2D eigenvalue weighted by Gasteiger charge is 2.30. The van der Waals surface area contributed by atoms with Gasteiger partial charge in [-0.1, -0.05) is 74.5 Å². The molecular weight excluding hydrogens is 631 g/mol. The van der Waals surface area contributed by atoms with E-state index >= 15 is 0 Å².